The van der Waals surface area contributed by atoms with Crippen LogP contribution in [0.4, 0.5) is 0 Å². The third-order valence-corrected chi connectivity index (χ3v) is 4.12. The van der Waals surface area contributed by atoms with Crippen LogP contribution in [-0.4, -0.2) is 24.1 Å². The van der Waals surface area contributed by atoms with E-state index in [0.29, 0.717) is 12.0 Å². The molecule has 21 heavy (non-hydrogen) atoms. The van der Waals surface area contributed by atoms with Crippen LogP contribution in [0, 0.1) is 5.92 Å². The molecule has 1 saturated heterocycles. The van der Waals surface area contributed by atoms with Gasteiger partial charge in [0.05, 0.1) is 0 Å². The van der Waals surface area contributed by atoms with E-state index in [1.807, 2.05) is 13.0 Å². The summed E-state index contributed by atoms with van der Waals surface area (Å²) in [6, 6.07) is 0. The monoisotopic (exact) mass is 290 g/mol. The van der Waals surface area contributed by atoms with Crippen LogP contribution in [0.1, 0.15) is 40.0 Å². The molecule has 0 spiro atoms. The van der Waals surface area contributed by atoms with Gasteiger partial charge in [0, 0.05) is 24.8 Å². The van der Waals surface area contributed by atoms with Crippen LogP contribution in [0.5, 0.6) is 0 Å². The summed E-state index contributed by atoms with van der Waals surface area (Å²) in [6.07, 6.45) is 5.79. The number of ether oxygens (including phenoxy) is 2. The highest BCUT2D eigenvalue weighted by Crippen LogP contribution is 2.34. The van der Waals surface area contributed by atoms with Crippen molar-refractivity contribution in [3.05, 3.63) is 35.5 Å². The minimum Gasteiger partial charge on any atom is -0.458 e. The molecule has 2 aliphatic rings. The third-order valence-electron chi connectivity index (χ3n) is 4.12. The Kier molecular flexibility index (Phi) is 4.66. The van der Waals surface area contributed by atoms with Crippen LogP contribution < -0.4 is 0 Å². The maximum atomic E-state index is 11.7. The highest BCUT2D eigenvalue weighted by Gasteiger charge is 2.37. The first-order valence-electron chi connectivity index (χ1n) is 7.29. The van der Waals surface area contributed by atoms with Crippen LogP contribution >= 0.6 is 0 Å². The number of hydrogen-bond donors (Lipinski definition) is 0. The molecule has 0 radical (unpaired) electrons. The molecular weight excluding hydrogens is 268 g/mol. The highest BCUT2D eigenvalue weighted by molar-refractivity contribution is 5.91. The molecule has 0 bridgehead atoms. The molecule has 0 aromatic rings. The Bertz CT molecular complexity index is 527. The summed E-state index contributed by atoms with van der Waals surface area (Å²) in [5.74, 6) is -0.619. The largest absolute Gasteiger partial charge is 0.458 e. The predicted molar refractivity (Wildman–Crippen MR) is 79.4 cm³/mol. The summed E-state index contributed by atoms with van der Waals surface area (Å²) in [5, 5.41) is 0. The number of carbonyl (C=O) groups excluding carboxylic acids is 2. The summed E-state index contributed by atoms with van der Waals surface area (Å²) in [6.45, 7) is 9.22. The highest BCUT2D eigenvalue weighted by atomic mass is 16.6. The van der Waals surface area contributed by atoms with Gasteiger partial charge in [0.25, 0.3) is 0 Å². The zero-order valence-corrected chi connectivity index (χ0v) is 12.8. The molecule has 0 N–H and O–H groups in total. The van der Waals surface area contributed by atoms with Crippen LogP contribution in [-0.2, 0) is 19.1 Å². The molecule has 0 amide bonds. The molecule has 3 atom stereocenters. The summed E-state index contributed by atoms with van der Waals surface area (Å²) in [7, 11) is 0. The second kappa shape index (κ2) is 6.29. The van der Waals surface area contributed by atoms with Crippen LogP contribution in [0.2, 0.25) is 0 Å². The van der Waals surface area contributed by atoms with Gasteiger partial charge in [-0.3, -0.25) is 4.79 Å². The zero-order chi connectivity index (χ0) is 15.6. The van der Waals surface area contributed by atoms with Crippen molar-refractivity contribution >= 4 is 11.9 Å². The lowest BCUT2D eigenvalue weighted by Gasteiger charge is -2.22. The lowest BCUT2D eigenvalue weighted by Crippen LogP contribution is -2.22. The van der Waals surface area contributed by atoms with E-state index in [4.69, 9.17) is 9.47 Å². The fraction of sp³-hybridized carbons (Fsp3) is 0.529. The van der Waals surface area contributed by atoms with Gasteiger partial charge in [-0.05, 0) is 38.3 Å². The van der Waals surface area contributed by atoms with E-state index in [1.165, 1.54) is 12.5 Å². The van der Waals surface area contributed by atoms with Crippen molar-refractivity contribution in [3.63, 3.8) is 0 Å². The molecule has 4 heteroatoms. The topological polar surface area (TPSA) is 52.6 Å². The lowest BCUT2D eigenvalue weighted by atomic mass is 9.87. The Labute approximate surface area is 125 Å². The Hall–Kier alpha value is -1.84. The summed E-state index contributed by atoms with van der Waals surface area (Å²) in [5.41, 5.74) is 2.68. The van der Waals surface area contributed by atoms with Gasteiger partial charge in [-0.25, -0.2) is 4.79 Å². The van der Waals surface area contributed by atoms with Crippen LogP contribution in [0.3, 0.4) is 0 Å². The molecule has 1 fully saturated rings. The van der Waals surface area contributed by atoms with Crippen molar-refractivity contribution in [1.29, 1.82) is 0 Å². The lowest BCUT2D eigenvalue weighted by molar-refractivity contribution is -0.144. The van der Waals surface area contributed by atoms with E-state index < -0.39 is 0 Å². The predicted octanol–water partition coefficient (Wildman–Crippen LogP) is 3.09. The van der Waals surface area contributed by atoms with E-state index >= 15 is 0 Å². The van der Waals surface area contributed by atoms with E-state index in [0.717, 1.165) is 18.4 Å². The average molecular weight is 290 g/mol. The van der Waals surface area contributed by atoms with Gasteiger partial charge in [-0.15, -0.1) is 0 Å². The van der Waals surface area contributed by atoms with E-state index in [2.05, 4.69) is 19.6 Å². The summed E-state index contributed by atoms with van der Waals surface area (Å²) in [4.78, 5) is 23.0. The van der Waals surface area contributed by atoms with Gasteiger partial charge < -0.3 is 9.47 Å². The van der Waals surface area contributed by atoms with Gasteiger partial charge >= 0.3 is 11.9 Å². The maximum absolute atomic E-state index is 11.7. The first-order valence-corrected chi connectivity index (χ1v) is 7.29. The SMILES string of the molecule is C=C1C(=O)O[C@@H]2/C=C(/C)[C@@H](OC(C)=O)C/C=C(\C)CC[C@@H]12. The van der Waals surface area contributed by atoms with E-state index in [-0.39, 0.29) is 30.1 Å². The van der Waals surface area contributed by atoms with Crippen molar-refractivity contribution in [2.24, 2.45) is 5.92 Å². The van der Waals surface area contributed by atoms with Crippen molar-refractivity contribution < 1.29 is 19.1 Å². The third kappa shape index (κ3) is 3.63. The standard InChI is InChI=1S/C17H22O4/c1-10-5-7-14-12(3)17(19)21-16(14)9-11(2)15(8-6-10)20-13(4)18/h6,9,14-16H,3,5,7-8H2,1-2,4H3/b10-6+,11-9-/t14-,15-,16+/m0/s1. The molecular formula is C17H22O4. The fourth-order valence-electron chi connectivity index (χ4n) is 2.81. The quantitative estimate of drug-likeness (QED) is 0.423. The van der Waals surface area contributed by atoms with E-state index in [9.17, 15) is 9.59 Å². The number of carbonyl (C=O) groups is 2. The molecule has 1 aliphatic heterocycles. The molecule has 0 unspecified atom stereocenters. The number of rotatable bonds is 1. The minimum atomic E-state index is -0.320. The second-order valence-corrected chi connectivity index (χ2v) is 5.84. The first-order chi connectivity index (χ1) is 9.88. The molecule has 1 aliphatic carbocycles. The summed E-state index contributed by atoms with van der Waals surface area (Å²) >= 11 is 0. The molecule has 0 aromatic carbocycles. The van der Waals surface area contributed by atoms with E-state index in [1.54, 1.807) is 0 Å². The fourth-order valence-corrected chi connectivity index (χ4v) is 2.81. The average Bonchev–Trinajstić information content (AvgIpc) is 2.66. The molecule has 114 valence electrons. The van der Waals surface area contributed by atoms with Crippen LogP contribution in [0.25, 0.3) is 0 Å². The molecule has 4 nitrogen and oxygen atoms in total. The number of hydrogen-bond acceptors (Lipinski definition) is 4. The first kappa shape index (κ1) is 15.5. The van der Waals surface area contributed by atoms with Crippen molar-refractivity contribution in [2.75, 3.05) is 0 Å². The van der Waals surface area contributed by atoms with Gasteiger partial charge in [0.2, 0.25) is 0 Å². The number of esters is 2. The molecule has 1 heterocycles. The number of fused-ring (bicyclic) bond motifs is 1. The van der Waals surface area contributed by atoms with Crippen molar-refractivity contribution in [1.82, 2.24) is 0 Å². The summed E-state index contributed by atoms with van der Waals surface area (Å²) < 4.78 is 10.8. The van der Waals surface area contributed by atoms with Gasteiger partial charge in [-0.1, -0.05) is 18.2 Å². The Morgan fingerprint density at radius 1 is 1.43 bits per heavy atom. The Morgan fingerprint density at radius 3 is 2.81 bits per heavy atom. The normalized spacial score (nSPS) is 34.9. The van der Waals surface area contributed by atoms with Crippen LogP contribution in [0.15, 0.2) is 35.5 Å². The molecule has 0 saturated carbocycles. The van der Waals surface area contributed by atoms with Gasteiger partial charge in [-0.2, -0.15) is 0 Å². The maximum Gasteiger partial charge on any atom is 0.334 e. The Morgan fingerprint density at radius 2 is 2.14 bits per heavy atom. The molecule has 0 aromatic heterocycles. The zero-order valence-electron chi connectivity index (χ0n) is 12.8. The minimum absolute atomic E-state index is 0.00637. The van der Waals surface area contributed by atoms with Gasteiger partial charge in [0.1, 0.15) is 12.2 Å². The van der Waals surface area contributed by atoms with Crippen molar-refractivity contribution in [3.8, 4) is 0 Å². The second-order valence-electron chi connectivity index (χ2n) is 5.84. The van der Waals surface area contributed by atoms with Gasteiger partial charge in [0.15, 0.2) is 0 Å². The van der Waals surface area contributed by atoms with Crippen molar-refractivity contribution in [2.45, 2.75) is 52.2 Å². The smallest absolute Gasteiger partial charge is 0.334 e. The number of allylic oxidation sites excluding steroid dienone is 1. The Balaban J connectivity index is 2.31. The molecule has 2 rings (SSSR count).